The molecule has 2 aromatic rings. The van der Waals surface area contributed by atoms with Gasteiger partial charge in [0.1, 0.15) is 5.08 Å². The van der Waals surface area contributed by atoms with E-state index in [1.807, 2.05) is 50.2 Å². The largest absolute Gasteiger partial charge is 0.223 e. The molecule has 0 heterocycles. The minimum Gasteiger partial charge on any atom is -0.223 e. The lowest BCUT2D eigenvalue weighted by atomic mass is 10.2. The molecule has 0 amide bonds. The first-order valence-electron chi connectivity index (χ1n) is 5.96. The van der Waals surface area contributed by atoms with Crippen LogP contribution in [0.2, 0.25) is 0 Å². The second-order valence-corrected chi connectivity index (χ2v) is 7.91. The van der Waals surface area contributed by atoms with Crippen molar-refractivity contribution in [2.24, 2.45) is 0 Å². The van der Waals surface area contributed by atoms with Crippen LogP contribution in [0.1, 0.15) is 11.1 Å². The maximum atomic E-state index is 12.2. The second kappa shape index (κ2) is 5.80. The molecule has 4 heteroatoms. The summed E-state index contributed by atoms with van der Waals surface area (Å²) in [6.45, 7) is 3.95. The molecule has 2 rings (SSSR count). The third kappa shape index (κ3) is 3.85. The first-order chi connectivity index (χ1) is 8.97. The summed E-state index contributed by atoms with van der Waals surface area (Å²) in [4.78, 5) is 1.36. The highest BCUT2D eigenvalue weighted by molar-refractivity contribution is 8.12. The van der Waals surface area contributed by atoms with Gasteiger partial charge in [-0.3, -0.25) is 0 Å². The van der Waals surface area contributed by atoms with Gasteiger partial charge in [0.2, 0.25) is 0 Å². The van der Waals surface area contributed by atoms with Crippen molar-refractivity contribution >= 4 is 21.6 Å². The molecule has 2 nitrogen and oxygen atoms in total. The summed E-state index contributed by atoms with van der Waals surface area (Å²) in [5, 5.41) is 0.0686. The van der Waals surface area contributed by atoms with Crippen LogP contribution < -0.4 is 0 Å². The molecule has 0 aliphatic carbocycles. The quantitative estimate of drug-likeness (QED) is 0.803. The van der Waals surface area contributed by atoms with Crippen molar-refractivity contribution in [2.45, 2.75) is 23.6 Å². The van der Waals surface area contributed by atoms with Crippen molar-refractivity contribution in [2.75, 3.05) is 5.08 Å². The molecule has 0 fully saturated rings. The standard InChI is InChI=1S/C15H16O2S2/c1-12-3-7-14(8-4-12)18-11-19(16,17)15-9-5-13(2)6-10-15/h3-10H,11H2,1-2H3. The molecule has 0 N–H and O–H groups in total. The topological polar surface area (TPSA) is 34.1 Å². The number of hydrogen-bond donors (Lipinski definition) is 0. The summed E-state index contributed by atoms with van der Waals surface area (Å²) >= 11 is 1.35. The summed E-state index contributed by atoms with van der Waals surface area (Å²) in [7, 11) is -3.22. The Labute approximate surface area is 118 Å². The van der Waals surface area contributed by atoms with E-state index in [0.29, 0.717) is 4.90 Å². The van der Waals surface area contributed by atoms with Crippen LogP contribution in [0.15, 0.2) is 58.3 Å². The average Bonchev–Trinajstić information content (AvgIpc) is 2.39. The molecular weight excluding hydrogens is 276 g/mol. The Hall–Kier alpha value is -1.26. The van der Waals surface area contributed by atoms with E-state index in [0.717, 1.165) is 10.5 Å². The van der Waals surface area contributed by atoms with E-state index in [-0.39, 0.29) is 5.08 Å². The minimum absolute atomic E-state index is 0.0686. The van der Waals surface area contributed by atoms with Gasteiger partial charge in [-0.15, -0.1) is 11.8 Å². The van der Waals surface area contributed by atoms with Crippen molar-refractivity contribution in [1.82, 2.24) is 0 Å². The van der Waals surface area contributed by atoms with E-state index in [2.05, 4.69) is 0 Å². The molecule has 0 spiro atoms. The Bertz CT molecular complexity index is 642. The van der Waals surface area contributed by atoms with Crippen LogP contribution in [0.4, 0.5) is 0 Å². The molecule has 0 bridgehead atoms. The monoisotopic (exact) mass is 292 g/mol. The summed E-state index contributed by atoms with van der Waals surface area (Å²) in [6.07, 6.45) is 0. The molecule has 0 radical (unpaired) electrons. The number of rotatable bonds is 4. The zero-order valence-electron chi connectivity index (χ0n) is 11.0. The Morgan fingerprint density at radius 3 is 1.84 bits per heavy atom. The molecular formula is C15H16O2S2. The zero-order chi connectivity index (χ0) is 13.9. The average molecular weight is 292 g/mol. The van der Waals surface area contributed by atoms with Gasteiger partial charge >= 0.3 is 0 Å². The Kier molecular flexibility index (Phi) is 4.32. The van der Waals surface area contributed by atoms with E-state index < -0.39 is 9.84 Å². The van der Waals surface area contributed by atoms with Gasteiger partial charge in [0.15, 0.2) is 9.84 Å². The van der Waals surface area contributed by atoms with Crippen LogP contribution >= 0.6 is 11.8 Å². The molecule has 0 saturated carbocycles. The fourth-order valence-electron chi connectivity index (χ4n) is 1.59. The van der Waals surface area contributed by atoms with E-state index in [9.17, 15) is 8.42 Å². The first kappa shape index (κ1) is 14.2. The molecule has 0 aromatic heterocycles. The lowest BCUT2D eigenvalue weighted by molar-refractivity contribution is 0.601. The van der Waals surface area contributed by atoms with Gasteiger partial charge in [-0.05, 0) is 38.1 Å². The Morgan fingerprint density at radius 2 is 1.32 bits per heavy atom. The minimum atomic E-state index is -3.22. The Morgan fingerprint density at radius 1 is 0.842 bits per heavy atom. The maximum Gasteiger partial charge on any atom is 0.188 e. The van der Waals surface area contributed by atoms with Crippen molar-refractivity contribution in [3.05, 3.63) is 59.7 Å². The summed E-state index contributed by atoms with van der Waals surface area (Å²) in [6, 6.07) is 14.9. The highest BCUT2D eigenvalue weighted by Crippen LogP contribution is 2.23. The van der Waals surface area contributed by atoms with Crippen LogP contribution in [0.3, 0.4) is 0 Å². The van der Waals surface area contributed by atoms with Crippen LogP contribution in [0.25, 0.3) is 0 Å². The van der Waals surface area contributed by atoms with Crippen LogP contribution in [0.5, 0.6) is 0 Å². The molecule has 0 aliphatic heterocycles. The van der Waals surface area contributed by atoms with Gasteiger partial charge in [-0.25, -0.2) is 8.42 Å². The second-order valence-electron chi connectivity index (χ2n) is 4.50. The van der Waals surface area contributed by atoms with E-state index in [4.69, 9.17) is 0 Å². The fraction of sp³-hybridized carbons (Fsp3) is 0.200. The van der Waals surface area contributed by atoms with Gasteiger partial charge in [0, 0.05) is 4.90 Å². The summed E-state index contributed by atoms with van der Waals surface area (Å²) in [5.41, 5.74) is 2.23. The zero-order valence-corrected chi connectivity index (χ0v) is 12.6. The number of thioether (sulfide) groups is 1. The fourth-order valence-corrected chi connectivity index (χ4v) is 4.18. The molecule has 0 aliphatic rings. The number of sulfone groups is 1. The highest BCUT2D eigenvalue weighted by atomic mass is 32.3. The predicted octanol–water partition coefficient (Wildman–Crippen LogP) is 3.83. The molecule has 19 heavy (non-hydrogen) atoms. The van der Waals surface area contributed by atoms with E-state index in [1.165, 1.54) is 17.3 Å². The van der Waals surface area contributed by atoms with Crippen LogP contribution in [-0.2, 0) is 9.84 Å². The smallest absolute Gasteiger partial charge is 0.188 e. The number of benzene rings is 2. The van der Waals surface area contributed by atoms with E-state index >= 15 is 0 Å². The van der Waals surface area contributed by atoms with Gasteiger partial charge in [-0.2, -0.15) is 0 Å². The third-order valence-electron chi connectivity index (χ3n) is 2.78. The van der Waals surface area contributed by atoms with Crippen LogP contribution in [-0.4, -0.2) is 13.5 Å². The third-order valence-corrected chi connectivity index (χ3v) is 6.09. The van der Waals surface area contributed by atoms with Gasteiger partial charge in [0.05, 0.1) is 4.90 Å². The van der Waals surface area contributed by atoms with E-state index in [1.54, 1.807) is 12.1 Å². The number of aryl methyl sites for hydroxylation is 2. The Balaban J connectivity index is 2.09. The summed E-state index contributed by atoms with van der Waals surface area (Å²) < 4.78 is 24.3. The molecule has 0 atom stereocenters. The number of hydrogen-bond acceptors (Lipinski definition) is 3. The van der Waals surface area contributed by atoms with Crippen molar-refractivity contribution in [3.63, 3.8) is 0 Å². The van der Waals surface area contributed by atoms with Crippen LogP contribution in [0, 0.1) is 13.8 Å². The van der Waals surface area contributed by atoms with Gasteiger partial charge in [-0.1, -0.05) is 35.4 Å². The highest BCUT2D eigenvalue weighted by Gasteiger charge is 2.14. The van der Waals surface area contributed by atoms with Crippen molar-refractivity contribution < 1.29 is 8.42 Å². The molecule has 2 aromatic carbocycles. The molecule has 0 saturated heterocycles. The molecule has 100 valence electrons. The normalized spacial score (nSPS) is 11.5. The SMILES string of the molecule is Cc1ccc(SCS(=O)(=O)c2ccc(C)cc2)cc1. The summed E-state index contributed by atoms with van der Waals surface area (Å²) in [5.74, 6) is 0. The lowest BCUT2D eigenvalue weighted by Gasteiger charge is -2.05. The lowest BCUT2D eigenvalue weighted by Crippen LogP contribution is -2.03. The molecule has 0 unspecified atom stereocenters. The predicted molar refractivity (Wildman–Crippen MR) is 80.3 cm³/mol. The first-order valence-corrected chi connectivity index (χ1v) is 8.60. The van der Waals surface area contributed by atoms with Crippen molar-refractivity contribution in [3.8, 4) is 0 Å². The van der Waals surface area contributed by atoms with Gasteiger partial charge < -0.3 is 0 Å². The van der Waals surface area contributed by atoms with Gasteiger partial charge in [0.25, 0.3) is 0 Å². The van der Waals surface area contributed by atoms with Crippen molar-refractivity contribution in [1.29, 1.82) is 0 Å². The maximum absolute atomic E-state index is 12.2.